The standard InChI is InChI=1S/C13H20O5/c1-18-11-8-10(14)13(17)9(11)6-4-2-3-5-7-12(15)16/h10,14H,2-8H2,1H3,(H,15,16). The summed E-state index contributed by atoms with van der Waals surface area (Å²) in [4.78, 5) is 21.9. The summed E-state index contributed by atoms with van der Waals surface area (Å²) < 4.78 is 5.10. The lowest BCUT2D eigenvalue weighted by Gasteiger charge is -2.04. The van der Waals surface area contributed by atoms with Gasteiger partial charge in [-0.1, -0.05) is 12.8 Å². The van der Waals surface area contributed by atoms with Crippen LogP contribution in [0.4, 0.5) is 0 Å². The van der Waals surface area contributed by atoms with Gasteiger partial charge in [0.1, 0.15) is 11.9 Å². The fourth-order valence-electron chi connectivity index (χ4n) is 2.13. The zero-order valence-corrected chi connectivity index (χ0v) is 10.6. The molecule has 5 heteroatoms. The van der Waals surface area contributed by atoms with E-state index in [1.54, 1.807) is 0 Å². The second-order valence-corrected chi connectivity index (χ2v) is 4.50. The average Bonchev–Trinajstić information content (AvgIpc) is 2.60. The Labute approximate surface area is 106 Å². The Hall–Kier alpha value is -1.36. The number of hydrogen-bond acceptors (Lipinski definition) is 4. The number of carbonyl (C=O) groups is 2. The van der Waals surface area contributed by atoms with Gasteiger partial charge >= 0.3 is 5.97 Å². The molecule has 0 radical (unpaired) electrons. The Bertz CT molecular complexity index is 345. The molecule has 102 valence electrons. The first-order chi connectivity index (χ1) is 8.56. The summed E-state index contributed by atoms with van der Waals surface area (Å²) in [6, 6.07) is 0. The van der Waals surface area contributed by atoms with Crippen LogP contribution in [0, 0.1) is 0 Å². The predicted octanol–water partition coefficient (Wildman–Crippen LogP) is 1.65. The van der Waals surface area contributed by atoms with Crippen molar-refractivity contribution in [3.05, 3.63) is 11.3 Å². The SMILES string of the molecule is COC1=C(CCCCCCC(=O)O)C(=O)C(O)C1. The number of methoxy groups -OCH3 is 1. The third kappa shape index (κ3) is 4.14. The number of aliphatic hydroxyl groups excluding tert-OH is 1. The third-order valence-corrected chi connectivity index (χ3v) is 3.13. The maximum atomic E-state index is 11.6. The van der Waals surface area contributed by atoms with Crippen molar-refractivity contribution in [3.63, 3.8) is 0 Å². The summed E-state index contributed by atoms with van der Waals surface area (Å²) >= 11 is 0. The van der Waals surface area contributed by atoms with Crippen LogP contribution in [-0.2, 0) is 14.3 Å². The van der Waals surface area contributed by atoms with E-state index < -0.39 is 12.1 Å². The molecule has 0 heterocycles. The van der Waals surface area contributed by atoms with Crippen molar-refractivity contribution in [1.29, 1.82) is 0 Å². The highest BCUT2D eigenvalue weighted by atomic mass is 16.5. The van der Waals surface area contributed by atoms with Crippen LogP contribution in [0.15, 0.2) is 11.3 Å². The van der Waals surface area contributed by atoms with Crippen LogP contribution in [0.3, 0.4) is 0 Å². The van der Waals surface area contributed by atoms with E-state index in [0.29, 0.717) is 24.2 Å². The molecule has 1 aliphatic rings. The van der Waals surface area contributed by atoms with Crippen LogP contribution in [-0.4, -0.2) is 35.2 Å². The highest BCUT2D eigenvalue weighted by Crippen LogP contribution is 2.27. The largest absolute Gasteiger partial charge is 0.501 e. The number of carboxylic acids is 1. The smallest absolute Gasteiger partial charge is 0.303 e. The molecule has 0 spiro atoms. The first-order valence-electron chi connectivity index (χ1n) is 6.26. The number of hydrogen-bond donors (Lipinski definition) is 2. The predicted molar refractivity (Wildman–Crippen MR) is 65.0 cm³/mol. The fourth-order valence-corrected chi connectivity index (χ4v) is 2.13. The monoisotopic (exact) mass is 256 g/mol. The number of unbranched alkanes of at least 4 members (excludes halogenated alkanes) is 3. The maximum absolute atomic E-state index is 11.6. The van der Waals surface area contributed by atoms with Gasteiger partial charge in [-0.05, 0) is 19.3 Å². The van der Waals surface area contributed by atoms with E-state index >= 15 is 0 Å². The Balaban J connectivity index is 2.26. The number of ether oxygens (including phenoxy) is 1. The van der Waals surface area contributed by atoms with E-state index in [2.05, 4.69) is 0 Å². The summed E-state index contributed by atoms with van der Waals surface area (Å²) in [7, 11) is 1.51. The highest BCUT2D eigenvalue weighted by molar-refractivity contribution is 6.01. The van der Waals surface area contributed by atoms with Gasteiger partial charge in [-0.2, -0.15) is 0 Å². The Morgan fingerprint density at radius 3 is 2.61 bits per heavy atom. The van der Waals surface area contributed by atoms with Crippen molar-refractivity contribution in [1.82, 2.24) is 0 Å². The summed E-state index contributed by atoms with van der Waals surface area (Å²) in [5.41, 5.74) is 0.600. The summed E-state index contributed by atoms with van der Waals surface area (Å²) in [6.45, 7) is 0. The van der Waals surface area contributed by atoms with Crippen LogP contribution in [0.1, 0.15) is 44.9 Å². The van der Waals surface area contributed by atoms with Crippen molar-refractivity contribution in [2.75, 3.05) is 7.11 Å². The number of rotatable bonds is 8. The molecule has 0 amide bonds. The first kappa shape index (κ1) is 14.7. The van der Waals surface area contributed by atoms with Gasteiger partial charge in [0.25, 0.3) is 0 Å². The molecule has 2 N–H and O–H groups in total. The molecular formula is C13H20O5. The second-order valence-electron chi connectivity index (χ2n) is 4.50. The van der Waals surface area contributed by atoms with Crippen LogP contribution >= 0.6 is 0 Å². The highest BCUT2D eigenvalue weighted by Gasteiger charge is 2.31. The number of aliphatic carboxylic acids is 1. The zero-order valence-electron chi connectivity index (χ0n) is 10.6. The van der Waals surface area contributed by atoms with Gasteiger partial charge in [0.05, 0.1) is 7.11 Å². The van der Waals surface area contributed by atoms with E-state index in [-0.39, 0.29) is 18.6 Å². The molecule has 0 saturated heterocycles. The molecule has 18 heavy (non-hydrogen) atoms. The van der Waals surface area contributed by atoms with Crippen LogP contribution in [0.2, 0.25) is 0 Å². The number of carbonyl (C=O) groups excluding carboxylic acids is 1. The molecule has 5 nitrogen and oxygen atoms in total. The molecule has 0 aromatic heterocycles. The number of Topliss-reactive ketones (excluding diaryl/α,β-unsaturated/α-hetero) is 1. The lowest BCUT2D eigenvalue weighted by molar-refractivity contribution is -0.137. The molecule has 0 aromatic rings. The van der Waals surface area contributed by atoms with Crippen molar-refractivity contribution in [2.45, 2.75) is 51.0 Å². The van der Waals surface area contributed by atoms with Crippen molar-refractivity contribution >= 4 is 11.8 Å². The Morgan fingerprint density at radius 1 is 1.33 bits per heavy atom. The molecule has 1 aliphatic carbocycles. The topological polar surface area (TPSA) is 83.8 Å². The average molecular weight is 256 g/mol. The Kier molecular flexibility index (Phi) is 5.85. The van der Waals surface area contributed by atoms with E-state index in [9.17, 15) is 14.7 Å². The van der Waals surface area contributed by atoms with Gasteiger partial charge in [0.2, 0.25) is 0 Å². The van der Waals surface area contributed by atoms with Crippen molar-refractivity contribution in [3.8, 4) is 0 Å². The summed E-state index contributed by atoms with van der Waals surface area (Å²) in [5, 5.41) is 17.9. The number of ketones is 1. The molecule has 0 fully saturated rings. The maximum Gasteiger partial charge on any atom is 0.303 e. The normalized spacial score (nSPS) is 19.4. The van der Waals surface area contributed by atoms with Gasteiger partial charge in [0.15, 0.2) is 5.78 Å². The first-order valence-corrected chi connectivity index (χ1v) is 6.26. The minimum Gasteiger partial charge on any atom is -0.501 e. The molecule has 1 atom stereocenters. The van der Waals surface area contributed by atoms with Gasteiger partial charge in [-0.3, -0.25) is 9.59 Å². The van der Waals surface area contributed by atoms with E-state index in [1.807, 2.05) is 0 Å². The molecular weight excluding hydrogens is 236 g/mol. The van der Waals surface area contributed by atoms with Crippen LogP contribution in [0.25, 0.3) is 0 Å². The molecule has 0 bridgehead atoms. The third-order valence-electron chi connectivity index (χ3n) is 3.13. The quantitative estimate of drug-likeness (QED) is 0.645. The van der Waals surface area contributed by atoms with Crippen molar-refractivity contribution in [2.24, 2.45) is 0 Å². The van der Waals surface area contributed by atoms with E-state index in [0.717, 1.165) is 19.3 Å². The minimum atomic E-state index is -0.943. The number of carboxylic acid groups (broad SMARTS) is 1. The van der Waals surface area contributed by atoms with Gasteiger partial charge in [-0.25, -0.2) is 0 Å². The minimum absolute atomic E-state index is 0.198. The lowest BCUT2D eigenvalue weighted by Crippen LogP contribution is -2.15. The zero-order chi connectivity index (χ0) is 13.5. The van der Waals surface area contributed by atoms with Gasteiger partial charge in [-0.15, -0.1) is 0 Å². The molecule has 0 aliphatic heterocycles. The summed E-state index contributed by atoms with van der Waals surface area (Å²) in [6.07, 6.45) is 3.36. The molecule has 0 aromatic carbocycles. The van der Waals surface area contributed by atoms with Gasteiger partial charge < -0.3 is 14.9 Å². The van der Waals surface area contributed by atoms with Crippen LogP contribution in [0.5, 0.6) is 0 Å². The molecule has 0 saturated carbocycles. The fraction of sp³-hybridized carbons (Fsp3) is 0.692. The molecule has 1 rings (SSSR count). The second kappa shape index (κ2) is 7.16. The summed E-state index contributed by atoms with van der Waals surface area (Å²) in [5.74, 6) is -0.399. The Morgan fingerprint density at radius 2 is 2.00 bits per heavy atom. The van der Waals surface area contributed by atoms with E-state index in [1.165, 1.54) is 7.11 Å². The van der Waals surface area contributed by atoms with E-state index in [4.69, 9.17) is 9.84 Å². The van der Waals surface area contributed by atoms with Crippen molar-refractivity contribution < 1.29 is 24.5 Å². The molecule has 1 unspecified atom stereocenters. The number of aliphatic hydroxyl groups is 1. The van der Waals surface area contributed by atoms with Crippen LogP contribution < -0.4 is 0 Å². The van der Waals surface area contributed by atoms with Gasteiger partial charge in [0, 0.05) is 18.4 Å². The lowest BCUT2D eigenvalue weighted by atomic mass is 10.0.